The lowest BCUT2D eigenvalue weighted by atomic mass is 9.92. The number of carbonyl (C=O) groups is 1. The second-order valence-corrected chi connectivity index (χ2v) is 6.11. The molecule has 2 heterocycles. The van der Waals surface area contributed by atoms with Crippen LogP contribution in [0.1, 0.15) is 32.3 Å². The van der Waals surface area contributed by atoms with Crippen molar-refractivity contribution < 1.29 is 26.3 Å². The summed E-state index contributed by atoms with van der Waals surface area (Å²) in [6, 6.07) is 4.16. The maximum absolute atomic E-state index is 12.2. The van der Waals surface area contributed by atoms with Gasteiger partial charge in [0.2, 0.25) is 5.91 Å². The number of pyridine rings is 1. The number of nitrogens with zero attached hydrogens (tertiary/aromatic N) is 2. The van der Waals surface area contributed by atoms with Gasteiger partial charge in [0, 0.05) is 25.2 Å². The number of aromatic nitrogens is 1. The number of rotatable bonds is 3. The highest BCUT2D eigenvalue weighted by atomic mass is 79.9. The van der Waals surface area contributed by atoms with Gasteiger partial charge in [0.25, 0.3) is 0 Å². The molecule has 0 aromatic carbocycles. The topological polar surface area (TPSA) is 24.2 Å². The molecule has 3 nitrogen and oxygen atoms in total. The smallest absolute Gasteiger partial charge is 0.228 e. The lowest BCUT2D eigenvalue weighted by Crippen LogP contribution is -3.00. The standard InChI is InChI=1S/C16H25N2O.BrH/c1-13-4-7-17(8-5-13)9-6-16(19)18-11-14(2)10-15(3)12-18;/h4-5,7-8,14-15H,6,9-12H2,1-3H3;1H/q+1;/p-1. The van der Waals surface area contributed by atoms with Crippen LogP contribution in [-0.2, 0) is 11.3 Å². The molecule has 20 heavy (non-hydrogen) atoms. The van der Waals surface area contributed by atoms with E-state index in [4.69, 9.17) is 0 Å². The van der Waals surface area contributed by atoms with Crippen molar-refractivity contribution in [1.29, 1.82) is 0 Å². The van der Waals surface area contributed by atoms with E-state index in [2.05, 4.69) is 37.5 Å². The summed E-state index contributed by atoms with van der Waals surface area (Å²) in [5, 5.41) is 0. The Bertz CT molecular complexity index is 423. The van der Waals surface area contributed by atoms with Crippen molar-refractivity contribution in [2.45, 2.75) is 40.2 Å². The summed E-state index contributed by atoms with van der Waals surface area (Å²) in [5.74, 6) is 1.57. The molecule has 0 spiro atoms. The van der Waals surface area contributed by atoms with Crippen molar-refractivity contribution >= 4 is 5.91 Å². The summed E-state index contributed by atoms with van der Waals surface area (Å²) in [6.45, 7) is 9.20. The lowest BCUT2D eigenvalue weighted by Gasteiger charge is -2.34. The minimum absolute atomic E-state index is 0. The molecule has 1 amide bonds. The Kier molecular flexibility index (Phi) is 6.66. The van der Waals surface area contributed by atoms with Gasteiger partial charge in [-0.3, -0.25) is 4.79 Å². The van der Waals surface area contributed by atoms with E-state index >= 15 is 0 Å². The fourth-order valence-electron chi connectivity index (χ4n) is 2.93. The summed E-state index contributed by atoms with van der Waals surface area (Å²) in [4.78, 5) is 14.3. The SMILES string of the molecule is Cc1cc[n+](CCC(=O)N2CC(C)CC(C)C2)cc1.[Br-]. The van der Waals surface area contributed by atoms with Crippen LogP contribution in [0.3, 0.4) is 0 Å². The molecule has 1 saturated heterocycles. The van der Waals surface area contributed by atoms with Gasteiger partial charge in [-0.05, 0) is 30.7 Å². The van der Waals surface area contributed by atoms with E-state index < -0.39 is 0 Å². The van der Waals surface area contributed by atoms with E-state index in [-0.39, 0.29) is 17.0 Å². The highest BCUT2D eigenvalue weighted by Gasteiger charge is 2.25. The fourth-order valence-corrected chi connectivity index (χ4v) is 2.93. The van der Waals surface area contributed by atoms with Crippen molar-refractivity contribution in [3.05, 3.63) is 30.1 Å². The van der Waals surface area contributed by atoms with E-state index in [1.165, 1.54) is 12.0 Å². The Morgan fingerprint density at radius 3 is 2.35 bits per heavy atom. The van der Waals surface area contributed by atoms with Crippen molar-refractivity contribution in [2.75, 3.05) is 13.1 Å². The van der Waals surface area contributed by atoms with E-state index in [9.17, 15) is 4.79 Å². The summed E-state index contributed by atoms with van der Waals surface area (Å²) in [6.07, 6.45) is 5.94. The second-order valence-electron chi connectivity index (χ2n) is 6.11. The molecule has 112 valence electrons. The first-order valence-electron chi connectivity index (χ1n) is 7.28. The van der Waals surface area contributed by atoms with Gasteiger partial charge < -0.3 is 21.9 Å². The van der Waals surface area contributed by atoms with E-state index in [0.29, 0.717) is 24.2 Å². The molecule has 0 aliphatic carbocycles. The molecule has 1 aromatic rings. The third kappa shape index (κ3) is 4.89. The van der Waals surface area contributed by atoms with Gasteiger partial charge in [-0.1, -0.05) is 13.8 Å². The van der Waals surface area contributed by atoms with Crippen LogP contribution in [0.2, 0.25) is 0 Å². The molecule has 1 aliphatic rings. The molecule has 0 bridgehead atoms. The molecule has 1 aromatic heterocycles. The predicted molar refractivity (Wildman–Crippen MR) is 75.5 cm³/mol. The first kappa shape index (κ1) is 17.2. The fraction of sp³-hybridized carbons (Fsp3) is 0.625. The first-order chi connectivity index (χ1) is 9.04. The van der Waals surface area contributed by atoms with Crippen molar-refractivity contribution in [3.8, 4) is 0 Å². The molecule has 0 N–H and O–H groups in total. The first-order valence-corrected chi connectivity index (χ1v) is 7.28. The number of likely N-dealkylation sites (tertiary alicyclic amines) is 1. The lowest BCUT2D eigenvalue weighted by molar-refractivity contribution is -0.696. The summed E-state index contributed by atoms with van der Waals surface area (Å²) < 4.78 is 2.09. The van der Waals surface area contributed by atoms with Gasteiger partial charge >= 0.3 is 0 Å². The van der Waals surface area contributed by atoms with E-state index in [0.717, 1.165) is 19.6 Å². The van der Waals surface area contributed by atoms with Crippen LogP contribution in [0, 0.1) is 18.8 Å². The molecule has 1 fully saturated rings. The normalized spacial score (nSPS) is 22.2. The largest absolute Gasteiger partial charge is 1.00 e. The number of piperidine rings is 1. The molecule has 0 radical (unpaired) electrons. The monoisotopic (exact) mass is 340 g/mol. The zero-order chi connectivity index (χ0) is 13.8. The molecule has 4 heteroatoms. The Morgan fingerprint density at radius 1 is 1.25 bits per heavy atom. The van der Waals surface area contributed by atoms with Crippen LogP contribution in [0.25, 0.3) is 0 Å². The highest BCUT2D eigenvalue weighted by Crippen LogP contribution is 2.21. The van der Waals surface area contributed by atoms with Crippen LogP contribution >= 0.6 is 0 Å². The summed E-state index contributed by atoms with van der Waals surface area (Å²) >= 11 is 0. The Balaban J connectivity index is 0.00000200. The van der Waals surface area contributed by atoms with Crippen molar-refractivity contribution in [3.63, 3.8) is 0 Å². The van der Waals surface area contributed by atoms with E-state index in [1.54, 1.807) is 0 Å². The molecule has 0 saturated carbocycles. The number of hydrogen-bond donors (Lipinski definition) is 0. The zero-order valence-electron chi connectivity index (χ0n) is 12.7. The van der Waals surface area contributed by atoms with Crippen molar-refractivity contribution in [1.82, 2.24) is 4.90 Å². The van der Waals surface area contributed by atoms with Gasteiger partial charge in [0.1, 0.15) is 0 Å². The number of hydrogen-bond acceptors (Lipinski definition) is 1. The van der Waals surface area contributed by atoms with Gasteiger partial charge in [0.15, 0.2) is 18.9 Å². The molecular formula is C16H25BrN2O. The Morgan fingerprint density at radius 2 is 1.80 bits per heavy atom. The summed E-state index contributed by atoms with van der Waals surface area (Å²) in [7, 11) is 0. The molecule has 1 aliphatic heterocycles. The molecule has 2 unspecified atom stereocenters. The van der Waals surface area contributed by atoms with E-state index in [1.807, 2.05) is 17.3 Å². The summed E-state index contributed by atoms with van der Waals surface area (Å²) in [5.41, 5.74) is 1.25. The van der Waals surface area contributed by atoms with Crippen LogP contribution in [-0.4, -0.2) is 23.9 Å². The minimum Gasteiger partial charge on any atom is -1.00 e. The van der Waals surface area contributed by atoms with Crippen LogP contribution in [0.4, 0.5) is 0 Å². The molecular weight excluding hydrogens is 316 g/mol. The number of carbonyl (C=O) groups excluding carboxylic acids is 1. The van der Waals surface area contributed by atoms with Crippen LogP contribution in [0.15, 0.2) is 24.5 Å². The Labute approximate surface area is 132 Å². The second kappa shape index (κ2) is 7.77. The predicted octanol–water partition coefficient (Wildman–Crippen LogP) is -0.819. The third-order valence-electron chi connectivity index (χ3n) is 3.86. The quantitative estimate of drug-likeness (QED) is 0.660. The average molecular weight is 341 g/mol. The zero-order valence-corrected chi connectivity index (χ0v) is 14.3. The molecule has 2 rings (SSSR count). The van der Waals surface area contributed by atoms with Gasteiger partial charge in [-0.15, -0.1) is 0 Å². The maximum Gasteiger partial charge on any atom is 0.228 e. The number of halogens is 1. The highest BCUT2D eigenvalue weighted by molar-refractivity contribution is 5.76. The number of amides is 1. The van der Waals surface area contributed by atoms with Gasteiger partial charge in [-0.25, -0.2) is 4.57 Å². The van der Waals surface area contributed by atoms with Crippen molar-refractivity contribution in [2.24, 2.45) is 11.8 Å². The Hall–Kier alpha value is -0.900. The average Bonchev–Trinajstić information content (AvgIpc) is 2.36. The van der Waals surface area contributed by atoms with Gasteiger partial charge in [-0.2, -0.15) is 0 Å². The minimum atomic E-state index is 0. The maximum atomic E-state index is 12.2. The van der Waals surface area contributed by atoms with Gasteiger partial charge in [0.05, 0.1) is 6.42 Å². The number of aryl methyl sites for hydroxylation is 2. The third-order valence-corrected chi connectivity index (χ3v) is 3.86. The molecule has 2 atom stereocenters. The van der Waals surface area contributed by atoms with Crippen LogP contribution < -0.4 is 21.5 Å². The van der Waals surface area contributed by atoms with Crippen LogP contribution in [0.5, 0.6) is 0 Å².